The molecule has 214 valence electrons. The summed E-state index contributed by atoms with van der Waals surface area (Å²) < 4.78 is 24.0. The predicted octanol–water partition coefficient (Wildman–Crippen LogP) is 9.83. The molecule has 0 bridgehead atoms. The predicted molar refractivity (Wildman–Crippen MR) is 161 cm³/mol. The third-order valence-electron chi connectivity index (χ3n) is 6.82. The summed E-state index contributed by atoms with van der Waals surface area (Å²) in [6.07, 6.45) is 9.47. The topological polar surface area (TPSA) is 40.5 Å². The Morgan fingerprint density at radius 1 is 0.625 bits per heavy atom. The molecule has 0 amide bonds. The molecule has 2 nitrogen and oxygen atoms in total. The SMILES string of the molecule is CC1=C([Si](C)(C)C2=C(C)C[C-]=C2C(C)(C)C)C(C(C)(C)C)=[C-]C1.Oc1ccc(F)cc1.Oc1ccc(F)cc1.[Zr+2]. The molecule has 2 aliphatic rings. The second kappa shape index (κ2) is 14.2. The van der Waals surface area contributed by atoms with Gasteiger partial charge in [0.15, 0.2) is 0 Å². The van der Waals surface area contributed by atoms with E-state index >= 15 is 0 Å². The van der Waals surface area contributed by atoms with Gasteiger partial charge in [0.05, 0.1) is 0 Å². The van der Waals surface area contributed by atoms with Gasteiger partial charge in [0, 0.05) is 0 Å². The van der Waals surface area contributed by atoms with E-state index in [1.165, 1.54) is 59.7 Å². The van der Waals surface area contributed by atoms with Crippen molar-refractivity contribution in [2.75, 3.05) is 0 Å². The summed E-state index contributed by atoms with van der Waals surface area (Å²) in [5, 5.41) is 20.5. The Balaban J connectivity index is 0.000000382. The van der Waals surface area contributed by atoms with Crippen molar-refractivity contribution in [1.29, 1.82) is 0 Å². The quantitative estimate of drug-likeness (QED) is 0.253. The van der Waals surface area contributed by atoms with Gasteiger partial charge >= 0.3 is 26.2 Å². The molecule has 0 spiro atoms. The molecule has 0 aliphatic heterocycles. The first-order chi connectivity index (χ1) is 17.9. The molecule has 0 saturated heterocycles. The summed E-state index contributed by atoms with van der Waals surface area (Å²) in [4.78, 5) is 0. The van der Waals surface area contributed by atoms with Crippen molar-refractivity contribution in [3.05, 3.63) is 105 Å². The molecule has 0 heterocycles. The number of hydrogen-bond donors (Lipinski definition) is 2. The van der Waals surface area contributed by atoms with Crippen LogP contribution >= 0.6 is 0 Å². The maximum Gasteiger partial charge on any atom is 2.00 e. The van der Waals surface area contributed by atoms with Crippen LogP contribution in [0.15, 0.2) is 81.2 Å². The summed E-state index contributed by atoms with van der Waals surface area (Å²) in [5.41, 5.74) is 6.41. The van der Waals surface area contributed by atoms with Gasteiger partial charge in [0.25, 0.3) is 0 Å². The van der Waals surface area contributed by atoms with Crippen LogP contribution in [0.5, 0.6) is 11.5 Å². The van der Waals surface area contributed by atoms with E-state index in [4.69, 9.17) is 10.2 Å². The second-order valence-electron chi connectivity index (χ2n) is 12.8. The second-order valence-corrected chi connectivity index (χ2v) is 17.1. The Morgan fingerprint density at radius 3 is 1.12 bits per heavy atom. The molecule has 0 unspecified atom stereocenters. The maximum absolute atomic E-state index is 12.0. The van der Waals surface area contributed by atoms with Gasteiger partial charge in [-0.2, -0.15) is 11.1 Å². The summed E-state index contributed by atoms with van der Waals surface area (Å²) in [6, 6.07) is 10.0. The average Bonchev–Trinajstić information content (AvgIpc) is 3.42. The third-order valence-corrected chi connectivity index (χ3v) is 10.7. The van der Waals surface area contributed by atoms with Crippen LogP contribution in [0.3, 0.4) is 0 Å². The zero-order valence-corrected chi connectivity index (χ0v) is 29.1. The van der Waals surface area contributed by atoms with E-state index in [1.54, 1.807) is 21.5 Å². The van der Waals surface area contributed by atoms with Crippen LogP contribution in [-0.4, -0.2) is 18.3 Å². The summed E-state index contributed by atoms with van der Waals surface area (Å²) in [6.45, 7) is 23.7. The minimum Gasteiger partial charge on any atom is -0.508 e. The first-order valence-electron chi connectivity index (χ1n) is 13.4. The van der Waals surface area contributed by atoms with Gasteiger partial charge in [-0.05, 0) is 59.4 Å². The molecule has 6 heteroatoms. The number of phenolic OH excluding ortho intramolecular Hbond substituents is 2. The van der Waals surface area contributed by atoms with E-state index in [2.05, 4.69) is 80.6 Å². The van der Waals surface area contributed by atoms with Crippen LogP contribution in [0.1, 0.15) is 68.2 Å². The normalized spacial score (nSPS) is 15.4. The van der Waals surface area contributed by atoms with Crippen LogP contribution in [0.25, 0.3) is 0 Å². The Morgan fingerprint density at radius 2 is 0.900 bits per heavy atom. The van der Waals surface area contributed by atoms with Gasteiger partial charge < -0.3 is 10.2 Å². The number of benzene rings is 2. The minimum absolute atomic E-state index is 0. The van der Waals surface area contributed by atoms with Gasteiger partial charge in [-0.15, -0.1) is 12.8 Å². The molecule has 0 atom stereocenters. The standard InChI is InChI=1S/C22H34Si.2C6H5FO.Zr/c1-15-11-13-17(21(3,4)5)19(15)23(9,10)20-16(2)12-14-18(20)22(6,7)8;2*7-5-1-3-6(8)4-2-5;/h11-12H2,1-10H3;2*1-4,8H;/q-2;;;+2. The fourth-order valence-corrected chi connectivity index (χ4v) is 9.94. The molecule has 0 fully saturated rings. The maximum atomic E-state index is 12.0. The van der Waals surface area contributed by atoms with Crippen molar-refractivity contribution in [3.8, 4) is 11.5 Å². The van der Waals surface area contributed by atoms with Crippen LogP contribution in [-0.2, 0) is 26.2 Å². The van der Waals surface area contributed by atoms with Gasteiger partial charge in [-0.25, -0.2) is 30.3 Å². The Hall–Kier alpha value is -2.04. The van der Waals surface area contributed by atoms with Gasteiger partial charge in [0.2, 0.25) is 0 Å². The largest absolute Gasteiger partial charge is 2.00 e. The van der Waals surface area contributed by atoms with Crippen LogP contribution in [0.4, 0.5) is 8.78 Å². The van der Waals surface area contributed by atoms with Crippen molar-refractivity contribution in [3.63, 3.8) is 0 Å². The van der Waals surface area contributed by atoms with Crippen molar-refractivity contribution >= 4 is 8.07 Å². The van der Waals surface area contributed by atoms with Crippen molar-refractivity contribution in [2.24, 2.45) is 10.8 Å². The van der Waals surface area contributed by atoms with E-state index < -0.39 is 8.07 Å². The van der Waals surface area contributed by atoms with Gasteiger partial charge in [-0.3, -0.25) is 12.2 Å². The van der Waals surface area contributed by atoms with E-state index in [1.807, 2.05) is 0 Å². The first kappa shape index (κ1) is 36.0. The molecule has 0 saturated carbocycles. The van der Waals surface area contributed by atoms with Gasteiger partial charge in [0.1, 0.15) is 23.1 Å². The number of phenols is 2. The number of hydrogen-bond acceptors (Lipinski definition) is 2. The Labute approximate surface area is 260 Å². The summed E-state index contributed by atoms with van der Waals surface area (Å²) >= 11 is 0. The van der Waals surface area contributed by atoms with Crippen molar-refractivity contribution < 1.29 is 45.2 Å². The third kappa shape index (κ3) is 9.52. The molecule has 2 aliphatic carbocycles. The Kier molecular flexibility index (Phi) is 12.8. The monoisotopic (exact) mass is 640 g/mol. The first-order valence-corrected chi connectivity index (χ1v) is 16.4. The molecular formula is C34H44F2O2SiZr. The zero-order valence-electron chi connectivity index (χ0n) is 25.7. The minimum atomic E-state index is -1.75. The average molecular weight is 642 g/mol. The molecule has 2 aromatic rings. The molecular weight excluding hydrogens is 598 g/mol. The number of rotatable bonds is 2. The smallest absolute Gasteiger partial charge is 0.508 e. The van der Waals surface area contributed by atoms with E-state index in [0.717, 1.165) is 12.8 Å². The van der Waals surface area contributed by atoms with Crippen molar-refractivity contribution in [2.45, 2.75) is 81.3 Å². The molecule has 4 rings (SSSR count). The van der Waals surface area contributed by atoms with Crippen LogP contribution in [0, 0.1) is 34.6 Å². The molecule has 0 radical (unpaired) electrons. The van der Waals surface area contributed by atoms with E-state index in [9.17, 15) is 8.78 Å². The van der Waals surface area contributed by atoms with Crippen LogP contribution in [0.2, 0.25) is 13.1 Å². The number of halogens is 2. The fraction of sp³-hybridized carbons (Fsp3) is 0.412. The Bertz CT molecular complexity index is 1130. The molecule has 2 N–H and O–H groups in total. The molecule has 40 heavy (non-hydrogen) atoms. The zero-order chi connectivity index (χ0) is 29.8. The molecule has 0 aromatic heterocycles. The van der Waals surface area contributed by atoms with E-state index in [-0.39, 0.29) is 60.2 Å². The summed E-state index contributed by atoms with van der Waals surface area (Å²) in [7, 11) is -1.75. The van der Waals surface area contributed by atoms with E-state index in [0.29, 0.717) is 0 Å². The molecule has 2 aromatic carbocycles. The van der Waals surface area contributed by atoms with Crippen molar-refractivity contribution in [1.82, 2.24) is 0 Å². The number of aromatic hydroxyl groups is 2. The number of allylic oxidation sites excluding steroid dienone is 8. The van der Waals surface area contributed by atoms with Gasteiger partial charge in [-0.1, -0.05) is 76.6 Å². The fourth-order valence-electron chi connectivity index (χ4n) is 5.20. The van der Waals surface area contributed by atoms with Crippen LogP contribution < -0.4 is 0 Å². The summed E-state index contributed by atoms with van der Waals surface area (Å²) in [5.74, 6) is -0.483.